The molecule has 1 aromatic rings. The Kier molecular flexibility index (Phi) is 6.98. The number of aliphatic hydroxyl groups excluding tert-OH is 1. The molecule has 0 aliphatic carbocycles. The minimum Gasteiger partial charge on any atom is -0.504 e. The highest BCUT2D eigenvalue weighted by molar-refractivity contribution is 8.13. The maximum absolute atomic E-state index is 12.4. The number of aromatic hydroxyl groups is 2. The van der Waals surface area contributed by atoms with Crippen LogP contribution in [0.3, 0.4) is 0 Å². The molecule has 0 spiro atoms. The van der Waals surface area contributed by atoms with Crippen LogP contribution in [0, 0.1) is 0 Å². The van der Waals surface area contributed by atoms with Crippen molar-refractivity contribution in [2.75, 3.05) is 12.3 Å². The number of carbonyl (C=O) groups is 3. The van der Waals surface area contributed by atoms with Gasteiger partial charge in [0.15, 0.2) is 11.5 Å². The summed E-state index contributed by atoms with van der Waals surface area (Å²) in [5.41, 5.74) is 0.335. The Balaban J connectivity index is 1.99. The summed E-state index contributed by atoms with van der Waals surface area (Å²) in [5, 5.41) is 28.6. The Morgan fingerprint density at radius 3 is 2.56 bits per heavy atom. The second kappa shape index (κ2) is 9.01. The van der Waals surface area contributed by atoms with Crippen LogP contribution in [0.4, 0.5) is 0 Å². The SMILES string of the molecule is CCSC(=O)C1CCN1C(=O)C(C)=NC(=O)C(O)Cc1ccc(O)c(O)c1. The lowest BCUT2D eigenvalue weighted by atomic mass is 10.0. The smallest absolute Gasteiger partial charge is 0.275 e. The summed E-state index contributed by atoms with van der Waals surface area (Å²) in [6, 6.07) is 3.44. The Morgan fingerprint density at radius 2 is 2.00 bits per heavy atom. The van der Waals surface area contributed by atoms with E-state index in [2.05, 4.69) is 4.99 Å². The van der Waals surface area contributed by atoms with E-state index >= 15 is 0 Å². The van der Waals surface area contributed by atoms with E-state index in [1.807, 2.05) is 6.92 Å². The van der Waals surface area contributed by atoms with Crippen LogP contribution >= 0.6 is 11.8 Å². The van der Waals surface area contributed by atoms with Crippen LogP contribution in [-0.4, -0.2) is 67.3 Å². The summed E-state index contributed by atoms with van der Waals surface area (Å²) in [7, 11) is 0. The largest absolute Gasteiger partial charge is 0.504 e. The van der Waals surface area contributed by atoms with Gasteiger partial charge in [0.05, 0.1) is 0 Å². The molecule has 1 aromatic carbocycles. The number of aliphatic hydroxyl groups is 1. The van der Waals surface area contributed by atoms with Crippen molar-refractivity contribution in [3.8, 4) is 11.5 Å². The molecule has 0 radical (unpaired) electrons. The molecule has 1 saturated heterocycles. The van der Waals surface area contributed by atoms with E-state index in [0.717, 1.165) is 11.8 Å². The first-order valence-corrected chi connectivity index (χ1v) is 9.48. The molecule has 2 rings (SSSR count). The van der Waals surface area contributed by atoms with Crippen LogP contribution in [0.25, 0.3) is 0 Å². The highest BCUT2D eigenvalue weighted by Gasteiger charge is 2.38. The molecule has 0 saturated carbocycles. The van der Waals surface area contributed by atoms with Crippen LogP contribution in [-0.2, 0) is 20.8 Å². The lowest BCUT2D eigenvalue weighted by Crippen LogP contribution is -2.56. The van der Waals surface area contributed by atoms with E-state index in [1.165, 1.54) is 30.0 Å². The van der Waals surface area contributed by atoms with E-state index in [9.17, 15) is 29.7 Å². The third kappa shape index (κ3) is 5.08. The molecule has 1 aliphatic heterocycles. The van der Waals surface area contributed by atoms with Crippen molar-refractivity contribution >= 4 is 34.4 Å². The van der Waals surface area contributed by atoms with Crippen LogP contribution in [0.2, 0.25) is 0 Å². The van der Waals surface area contributed by atoms with Gasteiger partial charge in [0, 0.05) is 13.0 Å². The average molecular weight is 394 g/mol. The van der Waals surface area contributed by atoms with Crippen LogP contribution in [0.5, 0.6) is 11.5 Å². The van der Waals surface area contributed by atoms with Crippen LogP contribution in [0.1, 0.15) is 25.8 Å². The van der Waals surface area contributed by atoms with Gasteiger partial charge in [0.25, 0.3) is 11.8 Å². The first-order chi connectivity index (χ1) is 12.7. The van der Waals surface area contributed by atoms with Gasteiger partial charge in [-0.05, 0) is 36.8 Å². The fourth-order valence-electron chi connectivity index (χ4n) is 2.62. The molecule has 1 aliphatic rings. The first-order valence-electron chi connectivity index (χ1n) is 8.50. The zero-order valence-electron chi connectivity index (χ0n) is 15.1. The standard InChI is InChI=1S/C18H22N2O6S/c1-3-27-18(26)12-6-7-20(12)17(25)10(2)19-16(24)15(23)9-11-4-5-13(21)14(22)8-11/h4-5,8,12,15,21-23H,3,6-7,9H2,1-2H3. The Bertz CT molecular complexity index is 779. The van der Waals surface area contributed by atoms with Gasteiger partial charge in [0.1, 0.15) is 17.9 Å². The third-order valence-corrected chi connectivity index (χ3v) is 5.03. The van der Waals surface area contributed by atoms with Crippen molar-refractivity contribution in [2.45, 2.75) is 38.8 Å². The molecule has 2 unspecified atom stereocenters. The summed E-state index contributed by atoms with van der Waals surface area (Å²) in [4.78, 5) is 41.4. The average Bonchev–Trinajstić information content (AvgIpc) is 2.57. The highest BCUT2D eigenvalue weighted by atomic mass is 32.2. The Morgan fingerprint density at radius 1 is 1.30 bits per heavy atom. The second-order valence-corrected chi connectivity index (χ2v) is 7.40. The molecule has 1 heterocycles. The zero-order valence-corrected chi connectivity index (χ0v) is 15.9. The number of carbonyl (C=O) groups excluding carboxylic acids is 3. The van der Waals surface area contributed by atoms with E-state index in [-0.39, 0.29) is 28.7 Å². The molecule has 2 amide bonds. The van der Waals surface area contributed by atoms with Gasteiger partial charge in [0.2, 0.25) is 5.12 Å². The summed E-state index contributed by atoms with van der Waals surface area (Å²) >= 11 is 1.15. The number of amides is 2. The maximum atomic E-state index is 12.4. The molecular formula is C18H22N2O6S. The van der Waals surface area contributed by atoms with Gasteiger partial charge in [-0.25, -0.2) is 4.99 Å². The minimum atomic E-state index is -1.50. The van der Waals surface area contributed by atoms with Gasteiger partial charge in [-0.1, -0.05) is 24.8 Å². The van der Waals surface area contributed by atoms with Gasteiger partial charge < -0.3 is 20.2 Å². The number of thioether (sulfide) groups is 1. The molecule has 9 heteroatoms. The number of hydrogen-bond donors (Lipinski definition) is 3. The molecule has 146 valence electrons. The molecule has 0 bridgehead atoms. The number of benzene rings is 1. The lowest BCUT2D eigenvalue weighted by Gasteiger charge is -2.39. The van der Waals surface area contributed by atoms with Crippen LogP contribution in [0.15, 0.2) is 23.2 Å². The fraction of sp³-hybridized carbons (Fsp3) is 0.444. The van der Waals surface area contributed by atoms with Gasteiger partial charge >= 0.3 is 0 Å². The van der Waals surface area contributed by atoms with E-state index in [0.29, 0.717) is 24.3 Å². The summed E-state index contributed by atoms with van der Waals surface area (Å²) in [6.45, 7) is 3.65. The van der Waals surface area contributed by atoms with Gasteiger partial charge in [-0.3, -0.25) is 14.4 Å². The summed E-state index contributed by atoms with van der Waals surface area (Å²) < 4.78 is 0. The number of phenolic OH excluding ortho intramolecular Hbond substituents is 2. The van der Waals surface area contributed by atoms with Crippen LogP contribution < -0.4 is 0 Å². The predicted molar refractivity (Wildman–Crippen MR) is 101 cm³/mol. The summed E-state index contributed by atoms with van der Waals surface area (Å²) in [5.74, 6) is -1.43. The molecule has 3 N–H and O–H groups in total. The molecule has 8 nitrogen and oxygen atoms in total. The van der Waals surface area contributed by atoms with Crippen molar-refractivity contribution in [1.82, 2.24) is 4.90 Å². The molecule has 1 fully saturated rings. The van der Waals surface area contributed by atoms with Crippen molar-refractivity contribution in [3.63, 3.8) is 0 Å². The summed E-state index contributed by atoms with van der Waals surface area (Å²) in [6.07, 6.45) is -1.04. The van der Waals surface area contributed by atoms with Crippen molar-refractivity contribution in [1.29, 1.82) is 0 Å². The van der Waals surface area contributed by atoms with Crippen molar-refractivity contribution in [2.24, 2.45) is 4.99 Å². The normalized spacial score (nSPS) is 18.0. The lowest BCUT2D eigenvalue weighted by molar-refractivity contribution is -0.137. The predicted octanol–water partition coefficient (Wildman–Crippen LogP) is 0.869. The van der Waals surface area contributed by atoms with Gasteiger partial charge in [-0.15, -0.1) is 0 Å². The quantitative estimate of drug-likeness (QED) is 0.482. The number of phenols is 2. The topological polar surface area (TPSA) is 128 Å². The highest BCUT2D eigenvalue weighted by Crippen LogP contribution is 2.26. The van der Waals surface area contributed by atoms with E-state index < -0.39 is 24.0 Å². The Hall–Kier alpha value is -2.39. The zero-order chi connectivity index (χ0) is 20.1. The monoisotopic (exact) mass is 394 g/mol. The molecule has 27 heavy (non-hydrogen) atoms. The first kappa shape index (κ1) is 20.9. The number of nitrogens with zero attached hydrogens (tertiary/aromatic N) is 2. The van der Waals surface area contributed by atoms with Gasteiger partial charge in [-0.2, -0.15) is 0 Å². The second-order valence-electron chi connectivity index (χ2n) is 6.13. The van der Waals surface area contributed by atoms with Crippen molar-refractivity contribution < 1.29 is 29.7 Å². The van der Waals surface area contributed by atoms with Crippen molar-refractivity contribution in [3.05, 3.63) is 23.8 Å². The minimum absolute atomic E-state index is 0.0802. The molecule has 0 aromatic heterocycles. The van der Waals surface area contributed by atoms with E-state index in [1.54, 1.807) is 0 Å². The maximum Gasteiger partial charge on any atom is 0.275 e. The number of aliphatic imine (C=N–C) groups is 1. The molecular weight excluding hydrogens is 372 g/mol. The Labute approximate surface area is 160 Å². The fourth-order valence-corrected chi connectivity index (χ4v) is 3.34. The molecule has 2 atom stereocenters. The third-order valence-electron chi connectivity index (χ3n) is 4.18. The number of rotatable bonds is 6. The van der Waals surface area contributed by atoms with E-state index in [4.69, 9.17) is 0 Å². The number of hydrogen-bond acceptors (Lipinski definition) is 7. The number of likely N-dealkylation sites (tertiary alicyclic amines) is 1.